The molecule has 1 aliphatic carbocycles. The summed E-state index contributed by atoms with van der Waals surface area (Å²) in [6.07, 6.45) is 2.06. The second kappa shape index (κ2) is 7.38. The number of pyridine rings is 1. The predicted octanol–water partition coefficient (Wildman–Crippen LogP) is 2.15. The van der Waals surface area contributed by atoms with E-state index >= 15 is 0 Å². The van der Waals surface area contributed by atoms with Crippen LogP contribution in [0, 0.1) is 5.82 Å². The van der Waals surface area contributed by atoms with Gasteiger partial charge >= 0.3 is 0 Å². The van der Waals surface area contributed by atoms with Gasteiger partial charge in [-0.05, 0) is 48.6 Å². The van der Waals surface area contributed by atoms with Gasteiger partial charge in [-0.15, -0.1) is 0 Å². The molecule has 5 N–H and O–H groups in total. The number of carbonyl (C=O) groups is 2. The van der Waals surface area contributed by atoms with Crippen LogP contribution in [-0.4, -0.2) is 45.6 Å². The molecule has 1 atom stereocenters. The Morgan fingerprint density at radius 1 is 1.27 bits per heavy atom. The SMILES string of the molecule is CN1CC[C@@](O)(c2cc(-c3cc(-c4cc(C5CC5)c(N)c(C(N)=O)n4)ccc3F)no2)C1=O. The smallest absolute Gasteiger partial charge is 0.269 e. The van der Waals surface area contributed by atoms with Crippen LogP contribution in [0.15, 0.2) is 34.9 Å². The van der Waals surface area contributed by atoms with Gasteiger partial charge in [0.15, 0.2) is 11.5 Å². The second-order valence-corrected chi connectivity index (χ2v) is 8.61. The first kappa shape index (κ1) is 21.1. The van der Waals surface area contributed by atoms with Crippen LogP contribution in [0.5, 0.6) is 0 Å². The lowest BCUT2D eigenvalue weighted by Gasteiger charge is -2.16. The zero-order valence-electron chi connectivity index (χ0n) is 17.8. The summed E-state index contributed by atoms with van der Waals surface area (Å²) in [4.78, 5) is 29.9. The van der Waals surface area contributed by atoms with Crippen molar-refractivity contribution >= 4 is 17.5 Å². The molecule has 2 aliphatic rings. The molecule has 2 amide bonds. The van der Waals surface area contributed by atoms with Crippen molar-refractivity contribution in [1.29, 1.82) is 0 Å². The summed E-state index contributed by atoms with van der Waals surface area (Å²) in [7, 11) is 1.58. The number of nitrogens with zero attached hydrogens (tertiary/aromatic N) is 3. The molecule has 0 bridgehead atoms. The number of nitrogens with two attached hydrogens (primary N) is 2. The molecule has 2 fully saturated rings. The van der Waals surface area contributed by atoms with Crippen LogP contribution in [0.1, 0.15) is 47.0 Å². The van der Waals surface area contributed by atoms with Gasteiger partial charge in [-0.3, -0.25) is 9.59 Å². The van der Waals surface area contributed by atoms with Crippen molar-refractivity contribution in [1.82, 2.24) is 15.0 Å². The average Bonchev–Trinajstić information content (AvgIpc) is 3.45. The lowest BCUT2D eigenvalue weighted by Crippen LogP contribution is -2.35. The van der Waals surface area contributed by atoms with E-state index in [1.807, 2.05) is 0 Å². The third kappa shape index (κ3) is 3.43. The normalized spacial score (nSPS) is 20.5. The molecule has 170 valence electrons. The van der Waals surface area contributed by atoms with E-state index < -0.39 is 23.2 Å². The van der Waals surface area contributed by atoms with Crippen molar-refractivity contribution < 1.29 is 23.6 Å². The summed E-state index contributed by atoms with van der Waals surface area (Å²) in [5, 5.41) is 14.7. The minimum absolute atomic E-state index is 0.0184. The highest BCUT2D eigenvalue weighted by Gasteiger charge is 2.48. The number of carbonyl (C=O) groups excluding carboxylic acids is 2. The highest BCUT2D eigenvalue weighted by molar-refractivity contribution is 5.97. The van der Waals surface area contributed by atoms with Crippen LogP contribution < -0.4 is 11.5 Å². The molecular formula is C23H22FN5O4. The zero-order valence-corrected chi connectivity index (χ0v) is 17.8. The molecule has 1 saturated carbocycles. The molecule has 5 rings (SSSR count). The Hall–Kier alpha value is -3.79. The molecule has 33 heavy (non-hydrogen) atoms. The largest absolute Gasteiger partial charge is 0.397 e. The first-order chi connectivity index (χ1) is 15.7. The van der Waals surface area contributed by atoms with Gasteiger partial charge in [-0.25, -0.2) is 9.37 Å². The Balaban J connectivity index is 1.56. The Bertz CT molecular complexity index is 1300. The molecule has 2 aromatic heterocycles. The summed E-state index contributed by atoms with van der Waals surface area (Å²) in [6, 6.07) is 7.45. The molecule has 1 aliphatic heterocycles. The molecular weight excluding hydrogens is 429 g/mol. The molecule has 1 aromatic carbocycles. The fourth-order valence-electron chi connectivity index (χ4n) is 4.20. The van der Waals surface area contributed by atoms with Crippen LogP contribution in [0.25, 0.3) is 22.5 Å². The summed E-state index contributed by atoms with van der Waals surface area (Å²) in [5.41, 5.74) is 12.0. The minimum atomic E-state index is -1.83. The van der Waals surface area contributed by atoms with Crippen molar-refractivity contribution in [2.75, 3.05) is 19.3 Å². The molecule has 1 saturated heterocycles. The standard InChI is InChI=1S/C23H22FN5O4/c1-29-7-6-23(32,22(29)31)18-10-17(28-33-18)14-8-12(4-5-15(14)24)16-9-13(11-2-3-11)19(25)20(27-16)21(26)30/h4-5,8-11,32H,2-3,6-7,25H2,1H3,(H2,26,30)/t23-/m1/s1. The van der Waals surface area contributed by atoms with Crippen LogP contribution in [0.3, 0.4) is 0 Å². The van der Waals surface area contributed by atoms with Crippen LogP contribution in [-0.2, 0) is 10.4 Å². The van der Waals surface area contributed by atoms with Crippen LogP contribution >= 0.6 is 0 Å². The van der Waals surface area contributed by atoms with Gasteiger partial charge in [0.1, 0.15) is 11.5 Å². The van der Waals surface area contributed by atoms with E-state index in [4.69, 9.17) is 16.0 Å². The van der Waals surface area contributed by atoms with E-state index in [2.05, 4.69) is 10.1 Å². The summed E-state index contributed by atoms with van der Waals surface area (Å²) < 4.78 is 20.0. The van der Waals surface area contributed by atoms with Crippen molar-refractivity contribution in [3.8, 4) is 22.5 Å². The maximum absolute atomic E-state index is 14.7. The van der Waals surface area contributed by atoms with Gasteiger partial charge in [0.25, 0.3) is 11.8 Å². The first-order valence-electron chi connectivity index (χ1n) is 10.5. The predicted molar refractivity (Wildman–Crippen MR) is 116 cm³/mol. The van der Waals surface area contributed by atoms with E-state index in [-0.39, 0.29) is 40.7 Å². The van der Waals surface area contributed by atoms with Gasteiger partial charge in [0, 0.05) is 37.2 Å². The van der Waals surface area contributed by atoms with E-state index in [0.717, 1.165) is 18.4 Å². The number of aromatic nitrogens is 2. The fourth-order valence-corrected chi connectivity index (χ4v) is 4.20. The Morgan fingerprint density at radius 2 is 2.03 bits per heavy atom. The van der Waals surface area contributed by atoms with E-state index in [9.17, 15) is 19.1 Å². The monoisotopic (exact) mass is 451 g/mol. The Morgan fingerprint density at radius 3 is 2.67 bits per heavy atom. The van der Waals surface area contributed by atoms with Crippen molar-refractivity contribution in [2.24, 2.45) is 5.73 Å². The number of aliphatic hydroxyl groups is 1. The van der Waals surface area contributed by atoms with Crippen molar-refractivity contribution in [3.05, 3.63) is 53.2 Å². The van der Waals surface area contributed by atoms with Gasteiger partial charge in [0.05, 0.1) is 11.4 Å². The van der Waals surface area contributed by atoms with Gasteiger partial charge < -0.3 is 26.0 Å². The number of primary amides is 1. The topological polar surface area (TPSA) is 149 Å². The maximum atomic E-state index is 14.7. The van der Waals surface area contributed by atoms with Gasteiger partial charge in [-0.1, -0.05) is 5.16 Å². The molecule has 9 nitrogen and oxygen atoms in total. The lowest BCUT2D eigenvalue weighted by molar-refractivity contribution is -0.144. The van der Waals surface area contributed by atoms with Crippen molar-refractivity contribution in [2.45, 2.75) is 30.8 Å². The number of halogens is 1. The van der Waals surface area contributed by atoms with Crippen LogP contribution in [0.4, 0.5) is 10.1 Å². The average molecular weight is 451 g/mol. The third-order valence-corrected chi connectivity index (χ3v) is 6.31. The Labute approximate surface area is 188 Å². The van der Waals surface area contributed by atoms with Gasteiger partial charge in [-0.2, -0.15) is 0 Å². The molecule has 0 unspecified atom stereocenters. The molecule has 10 heteroatoms. The van der Waals surface area contributed by atoms with E-state index in [0.29, 0.717) is 17.8 Å². The number of likely N-dealkylation sites (tertiary alicyclic amines) is 1. The Kier molecular flexibility index (Phi) is 4.71. The number of amides is 2. The van der Waals surface area contributed by atoms with E-state index in [1.165, 1.54) is 29.2 Å². The number of rotatable bonds is 5. The molecule has 3 heterocycles. The molecule has 0 radical (unpaired) electrons. The van der Waals surface area contributed by atoms with Crippen molar-refractivity contribution in [3.63, 3.8) is 0 Å². The zero-order chi connectivity index (χ0) is 23.5. The number of hydrogen-bond acceptors (Lipinski definition) is 7. The summed E-state index contributed by atoms with van der Waals surface area (Å²) in [6.45, 7) is 0.365. The number of nitrogen functional groups attached to an aromatic ring is 1. The number of hydrogen-bond donors (Lipinski definition) is 3. The number of benzene rings is 1. The highest BCUT2D eigenvalue weighted by atomic mass is 19.1. The molecule has 0 spiro atoms. The second-order valence-electron chi connectivity index (χ2n) is 8.61. The van der Waals surface area contributed by atoms with Crippen LogP contribution in [0.2, 0.25) is 0 Å². The first-order valence-corrected chi connectivity index (χ1v) is 10.5. The summed E-state index contributed by atoms with van der Waals surface area (Å²) in [5.74, 6) is -1.62. The highest BCUT2D eigenvalue weighted by Crippen LogP contribution is 2.44. The summed E-state index contributed by atoms with van der Waals surface area (Å²) >= 11 is 0. The lowest BCUT2D eigenvalue weighted by atomic mass is 9.97. The fraction of sp³-hybridized carbons (Fsp3) is 0.304. The number of anilines is 1. The van der Waals surface area contributed by atoms with Gasteiger partial charge in [0.2, 0.25) is 5.60 Å². The third-order valence-electron chi connectivity index (χ3n) is 6.31. The van der Waals surface area contributed by atoms with E-state index in [1.54, 1.807) is 13.1 Å². The molecule has 3 aromatic rings. The quantitative estimate of drug-likeness (QED) is 0.538. The number of likely N-dealkylation sites (N-methyl/N-ethyl adjacent to an activating group) is 1. The maximum Gasteiger partial charge on any atom is 0.269 e. The minimum Gasteiger partial charge on any atom is -0.397 e.